The maximum atomic E-state index is 6.13. The molecule has 0 aromatic heterocycles. The average Bonchev–Trinajstić information content (AvgIpc) is 2.73. The third-order valence-electron chi connectivity index (χ3n) is 3.63. The van der Waals surface area contributed by atoms with Crippen molar-refractivity contribution in [3.63, 3.8) is 0 Å². The first-order chi connectivity index (χ1) is 8.52. The summed E-state index contributed by atoms with van der Waals surface area (Å²) in [5.41, 5.74) is 0. The molecule has 3 heteroatoms. The highest BCUT2D eigenvalue weighted by Crippen LogP contribution is 2.21. The van der Waals surface area contributed by atoms with Gasteiger partial charge in [-0.2, -0.15) is 0 Å². The second-order valence-corrected chi connectivity index (χ2v) is 6.11. The molecule has 1 heterocycles. The van der Waals surface area contributed by atoms with Crippen LogP contribution in [0.5, 0.6) is 0 Å². The van der Waals surface area contributed by atoms with Crippen molar-refractivity contribution in [1.29, 1.82) is 0 Å². The van der Waals surface area contributed by atoms with Crippen LogP contribution in [0, 0.1) is 0 Å². The van der Waals surface area contributed by atoms with Crippen molar-refractivity contribution in [3.05, 3.63) is 0 Å². The zero-order valence-electron chi connectivity index (χ0n) is 12.9. The van der Waals surface area contributed by atoms with E-state index >= 15 is 0 Å². The highest BCUT2D eigenvalue weighted by atomic mass is 16.5. The molecule has 0 aromatic carbocycles. The van der Waals surface area contributed by atoms with E-state index in [1.54, 1.807) is 0 Å². The van der Waals surface area contributed by atoms with E-state index in [0.29, 0.717) is 24.3 Å². The fourth-order valence-corrected chi connectivity index (χ4v) is 2.54. The van der Waals surface area contributed by atoms with Gasteiger partial charge in [0.25, 0.3) is 0 Å². The maximum Gasteiger partial charge on any atom is 0.0707 e. The number of hydrogen-bond donors (Lipinski definition) is 1. The summed E-state index contributed by atoms with van der Waals surface area (Å²) in [5, 5.41) is 3.47. The van der Waals surface area contributed by atoms with E-state index in [4.69, 9.17) is 4.74 Å². The van der Waals surface area contributed by atoms with E-state index in [9.17, 15) is 0 Å². The molecule has 108 valence electrons. The minimum absolute atomic E-state index is 0.424. The molecule has 18 heavy (non-hydrogen) atoms. The zero-order chi connectivity index (χ0) is 13.5. The van der Waals surface area contributed by atoms with Crippen molar-refractivity contribution in [1.82, 2.24) is 10.2 Å². The van der Waals surface area contributed by atoms with Crippen LogP contribution < -0.4 is 5.32 Å². The summed E-state index contributed by atoms with van der Waals surface area (Å²) in [7, 11) is 0. The Kier molecular flexibility index (Phi) is 7.20. The largest absolute Gasteiger partial charge is 0.372 e. The molecule has 2 atom stereocenters. The van der Waals surface area contributed by atoms with Crippen molar-refractivity contribution < 1.29 is 4.74 Å². The molecule has 0 amide bonds. The molecule has 0 bridgehead atoms. The second-order valence-electron chi connectivity index (χ2n) is 6.11. The zero-order valence-corrected chi connectivity index (χ0v) is 12.9. The van der Waals surface area contributed by atoms with Crippen LogP contribution in [-0.2, 0) is 4.74 Å². The van der Waals surface area contributed by atoms with Crippen molar-refractivity contribution in [2.45, 2.75) is 78.2 Å². The molecular formula is C15H32N2O. The summed E-state index contributed by atoms with van der Waals surface area (Å²) < 4.78 is 6.13. The average molecular weight is 256 g/mol. The molecule has 2 unspecified atom stereocenters. The first-order valence-corrected chi connectivity index (χ1v) is 7.65. The van der Waals surface area contributed by atoms with Gasteiger partial charge in [0.2, 0.25) is 0 Å². The third kappa shape index (κ3) is 5.68. The molecule has 0 saturated carbocycles. The minimum atomic E-state index is 0.424. The van der Waals surface area contributed by atoms with Gasteiger partial charge in [0.15, 0.2) is 0 Å². The quantitative estimate of drug-likeness (QED) is 0.722. The van der Waals surface area contributed by atoms with Gasteiger partial charge < -0.3 is 10.1 Å². The van der Waals surface area contributed by atoms with Gasteiger partial charge in [-0.05, 0) is 39.7 Å². The predicted octanol–water partition coefficient (Wildman–Crippen LogP) is 2.65. The van der Waals surface area contributed by atoms with E-state index in [1.165, 1.54) is 25.8 Å². The van der Waals surface area contributed by atoms with E-state index < -0.39 is 0 Å². The van der Waals surface area contributed by atoms with Crippen LogP contribution in [0.3, 0.4) is 0 Å². The fraction of sp³-hybridized carbons (Fsp3) is 1.00. The second kappa shape index (κ2) is 8.13. The molecule has 0 spiro atoms. The van der Waals surface area contributed by atoms with E-state index in [1.807, 2.05) is 0 Å². The number of ether oxygens (including phenoxy) is 1. The molecule has 0 aromatic rings. The summed E-state index contributed by atoms with van der Waals surface area (Å²) >= 11 is 0. The molecule has 1 aliphatic rings. The summed E-state index contributed by atoms with van der Waals surface area (Å²) in [5.74, 6) is 0. The Morgan fingerprint density at radius 3 is 2.39 bits per heavy atom. The van der Waals surface area contributed by atoms with Gasteiger partial charge >= 0.3 is 0 Å². The number of nitrogens with one attached hydrogen (secondary N) is 1. The van der Waals surface area contributed by atoms with Crippen molar-refractivity contribution >= 4 is 0 Å². The number of rotatable bonds is 8. The lowest BCUT2D eigenvalue weighted by Gasteiger charge is -2.28. The van der Waals surface area contributed by atoms with Crippen LogP contribution in [0.15, 0.2) is 0 Å². The topological polar surface area (TPSA) is 24.5 Å². The summed E-state index contributed by atoms with van der Waals surface area (Å²) in [6, 6.07) is 1.18. The SMILES string of the molecule is CCCN(CC1CCC(CNC(C)C)O1)C(C)C. The van der Waals surface area contributed by atoms with Gasteiger partial charge in [-0.1, -0.05) is 20.8 Å². The lowest BCUT2D eigenvalue weighted by molar-refractivity contribution is 0.0166. The maximum absolute atomic E-state index is 6.13. The first-order valence-electron chi connectivity index (χ1n) is 7.65. The molecule has 1 fully saturated rings. The van der Waals surface area contributed by atoms with Crippen LogP contribution in [0.25, 0.3) is 0 Å². The van der Waals surface area contributed by atoms with E-state index in [2.05, 4.69) is 44.8 Å². The number of hydrogen-bond acceptors (Lipinski definition) is 3. The molecule has 0 radical (unpaired) electrons. The van der Waals surface area contributed by atoms with E-state index in [-0.39, 0.29) is 0 Å². The van der Waals surface area contributed by atoms with Gasteiger partial charge in [0.1, 0.15) is 0 Å². The van der Waals surface area contributed by atoms with Crippen LogP contribution >= 0.6 is 0 Å². The van der Waals surface area contributed by atoms with Crippen LogP contribution in [0.1, 0.15) is 53.9 Å². The summed E-state index contributed by atoms with van der Waals surface area (Å²) in [6.07, 6.45) is 4.52. The Labute approximate surface area is 113 Å². The Balaban J connectivity index is 2.28. The Bertz CT molecular complexity index is 219. The van der Waals surface area contributed by atoms with E-state index in [0.717, 1.165) is 13.1 Å². The molecule has 1 aliphatic heterocycles. The molecule has 1 N–H and O–H groups in total. The standard InChI is InChI=1S/C15H32N2O/c1-6-9-17(13(4)5)11-15-8-7-14(18-15)10-16-12(2)3/h12-16H,6-11H2,1-5H3. The van der Waals surface area contributed by atoms with Gasteiger partial charge in [0.05, 0.1) is 12.2 Å². The lowest BCUT2D eigenvalue weighted by atomic mass is 10.1. The van der Waals surface area contributed by atoms with Crippen LogP contribution in [-0.4, -0.2) is 48.8 Å². The molecule has 1 rings (SSSR count). The first kappa shape index (κ1) is 15.9. The van der Waals surface area contributed by atoms with Crippen molar-refractivity contribution in [2.24, 2.45) is 0 Å². The minimum Gasteiger partial charge on any atom is -0.372 e. The summed E-state index contributed by atoms with van der Waals surface area (Å²) in [6.45, 7) is 14.5. The Morgan fingerprint density at radius 2 is 1.83 bits per heavy atom. The Morgan fingerprint density at radius 1 is 1.17 bits per heavy atom. The number of nitrogens with zero attached hydrogens (tertiary/aromatic N) is 1. The fourth-order valence-electron chi connectivity index (χ4n) is 2.54. The Hall–Kier alpha value is -0.120. The summed E-state index contributed by atoms with van der Waals surface area (Å²) in [4.78, 5) is 2.54. The monoisotopic (exact) mass is 256 g/mol. The van der Waals surface area contributed by atoms with Crippen LogP contribution in [0.4, 0.5) is 0 Å². The van der Waals surface area contributed by atoms with Gasteiger partial charge in [-0.25, -0.2) is 0 Å². The van der Waals surface area contributed by atoms with Crippen molar-refractivity contribution in [3.8, 4) is 0 Å². The highest BCUT2D eigenvalue weighted by Gasteiger charge is 2.27. The third-order valence-corrected chi connectivity index (χ3v) is 3.63. The molecular weight excluding hydrogens is 224 g/mol. The normalized spacial score (nSPS) is 24.7. The molecule has 3 nitrogen and oxygen atoms in total. The highest BCUT2D eigenvalue weighted by molar-refractivity contribution is 4.79. The lowest BCUT2D eigenvalue weighted by Crippen LogP contribution is -2.39. The van der Waals surface area contributed by atoms with Gasteiger partial charge in [-0.15, -0.1) is 0 Å². The van der Waals surface area contributed by atoms with Crippen molar-refractivity contribution in [2.75, 3.05) is 19.6 Å². The van der Waals surface area contributed by atoms with Gasteiger partial charge in [0, 0.05) is 25.2 Å². The predicted molar refractivity (Wildman–Crippen MR) is 78.0 cm³/mol. The van der Waals surface area contributed by atoms with Crippen LogP contribution in [0.2, 0.25) is 0 Å². The molecule has 1 saturated heterocycles. The van der Waals surface area contributed by atoms with Gasteiger partial charge in [-0.3, -0.25) is 4.90 Å². The molecule has 0 aliphatic carbocycles. The smallest absolute Gasteiger partial charge is 0.0707 e.